The summed E-state index contributed by atoms with van der Waals surface area (Å²) < 4.78 is 5.11. The number of fused-ring (bicyclic) bond motifs is 5. The van der Waals surface area contributed by atoms with Crippen LogP contribution in [0.25, 0.3) is 0 Å². The van der Waals surface area contributed by atoms with Gasteiger partial charge < -0.3 is 4.74 Å². The van der Waals surface area contributed by atoms with Crippen LogP contribution in [0.15, 0.2) is 23.3 Å². The van der Waals surface area contributed by atoms with Crippen molar-refractivity contribution in [1.82, 2.24) is 0 Å². The minimum atomic E-state index is -0.670. The molecule has 0 heterocycles. The van der Waals surface area contributed by atoms with Crippen molar-refractivity contribution in [2.75, 3.05) is 7.11 Å². The van der Waals surface area contributed by atoms with E-state index < -0.39 is 10.8 Å². The molecule has 4 rings (SSSR count). The molecular formula is C34H49NO4. The largest absolute Gasteiger partial charge is 0.469 e. The maximum atomic E-state index is 14.2. The highest BCUT2D eigenvalue weighted by molar-refractivity contribution is 6.04. The third kappa shape index (κ3) is 4.54. The smallest absolute Gasteiger partial charge is 0.306 e. The van der Waals surface area contributed by atoms with Crippen LogP contribution in [0.5, 0.6) is 0 Å². The number of carbonyl (C=O) groups is 3. The Morgan fingerprint density at radius 3 is 2.21 bits per heavy atom. The van der Waals surface area contributed by atoms with Crippen molar-refractivity contribution in [2.45, 2.75) is 113 Å². The molecule has 2 saturated carbocycles. The zero-order valence-electron chi connectivity index (χ0n) is 25.8. The van der Waals surface area contributed by atoms with Gasteiger partial charge in [0.1, 0.15) is 6.07 Å². The Kier molecular flexibility index (Phi) is 7.19. The summed E-state index contributed by atoms with van der Waals surface area (Å²) in [6.45, 7) is 17.6. The van der Waals surface area contributed by atoms with E-state index in [1.54, 1.807) is 0 Å². The second kappa shape index (κ2) is 9.42. The highest BCUT2D eigenvalue weighted by atomic mass is 16.5. The van der Waals surface area contributed by atoms with Crippen molar-refractivity contribution < 1.29 is 19.1 Å². The molecule has 5 heteroatoms. The molecule has 0 aliphatic heterocycles. The summed E-state index contributed by atoms with van der Waals surface area (Å²) in [4.78, 5) is 39.9. The second-order valence-electron chi connectivity index (χ2n) is 15.6. The van der Waals surface area contributed by atoms with Crippen LogP contribution < -0.4 is 0 Å². The second-order valence-corrected chi connectivity index (χ2v) is 15.6. The Morgan fingerprint density at radius 1 is 0.949 bits per heavy atom. The summed E-state index contributed by atoms with van der Waals surface area (Å²) >= 11 is 0. The Bertz CT molecular complexity index is 1180. The standard InChI is InChI=1S/C34H49NO4/c1-29(2)12-10-23-24(36)18-26-32(6)19-22(21-35)28(38)30(3,4)25(32)11-13-34(26,8)33(23,7)17-16-31(5,15-14-29)20-27(37)39-9/h18-19,23,25H,10-17,20H2,1-9H3/t23?,25-,31-,32-,33+,34+/m0/s1. The number of Topliss-reactive ketones (excluding diaryl/α,β-unsaturated/α-hetero) is 1. The van der Waals surface area contributed by atoms with Gasteiger partial charge in [-0.1, -0.05) is 67.0 Å². The van der Waals surface area contributed by atoms with Crippen LogP contribution in [0.2, 0.25) is 0 Å². The molecule has 0 N–H and O–H groups in total. The molecule has 214 valence electrons. The summed E-state index contributed by atoms with van der Waals surface area (Å²) in [6.07, 6.45) is 11.5. The summed E-state index contributed by atoms with van der Waals surface area (Å²) in [5.41, 5.74) is -0.581. The molecule has 0 saturated heterocycles. The van der Waals surface area contributed by atoms with Crippen LogP contribution in [0.1, 0.15) is 113 Å². The summed E-state index contributed by atoms with van der Waals surface area (Å²) in [5.74, 6) is -0.118. The average molecular weight is 536 g/mol. The van der Waals surface area contributed by atoms with E-state index in [9.17, 15) is 19.6 Å². The normalized spacial score (nSPS) is 41.5. The first kappa shape index (κ1) is 29.8. The SMILES string of the molecule is COC(=O)C[C@@]1(C)CCC(C)(C)CCC2C(=O)C=C3[C@@]4(C)C=C(C#N)C(=O)C(C)(C)[C@@H]4CC[C@@]3(C)[C@]2(C)CC1. The minimum Gasteiger partial charge on any atom is -0.469 e. The van der Waals surface area contributed by atoms with Crippen molar-refractivity contribution in [2.24, 2.45) is 44.3 Å². The summed E-state index contributed by atoms with van der Waals surface area (Å²) in [7, 11) is 1.46. The van der Waals surface area contributed by atoms with E-state index in [2.05, 4.69) is 47.6 Å². The minimum absolute atomic E-state index is 0.0323. The third-order valence-electron chi connectivity index (χ3n) is 12.3. The molecule has 4 aliphatic carbocycles. The first-order chi connectivity index (χ1) is 17.9. The number of esters is 1. The molecule has 4 aliphatic rings. The van der Waals surface area contributed by atoms with E-state index in [0.717, 1.165) is 56.9 Å². The molecule has 0 bridgehead atoms. The van der Waals surface area contributed by atoms with Gasteiger partial charge in [-0.15, -0.1) is 0 Å². The number of rotatable bonds is 2. The maximum absolute atomic E-state index is 14.2. The Labute approximate surface area is 235 Å². The topological polar surface area (TPSA) is 84.2 Å². The van der Waals surface area contributed by atoms with Crippen molar-refractivity contribution in [1.29, 1.82) is 5.26 Å². The summed E-state index contributed by atoms with van der Waals surface area (Å²) in [5, 5.41) is 9.91. The van der Waals surface area contributed by atoms with E-state index in [0.29, 0.717) is 6.42 Å². The lowest BCUT2D eigenvalue weighted by Crippen LogP contribution is -2.60. The fraction of sp³-hybridized carbons (Fsp3) is 0.765. The molecule has 0 radical (unpaired) electrons. The molecule has 0 aromatic heterocycles. The van der Waals surface area contributed by atoms with Crippen molar-refractivity contribution in [3.8, 4) is 6.07 Å². The molecule has 0 amide bonds. The number of nitrogens with zero attached hydrogens (tertiary/aromatic N) is 1. The van der Waals surface area contributed by atoms with E-state index >= 15 is 0 Å². The number of nitriles is 1. The Hall–Kier alpha value is -2.22. The molecule has 0 spiro atoms. The lowest BCUT2D eigenvalue weighted by atomic mass is 9.38. The van der Waals surface area contributed by atoms with Crippen LogP contribution >= 0.6 is 0 Å². The molecule has 6 atom stereocenters. The number of carbonyl (C=O) groups excluding carboxylic acids is 3. The van der Waals surface area contributed by atoms with Crippen LogP contribution in [-0.2, 0) is 19.1 Å². The van der Waals surface area contributed by atoms with Gasteiger partial charge in [0.05, 0.1) is 19.1 Å². The van der Waals surface area contributed by atoms with Gasteiger partial charge in [-0.3, -0.25) is 14.4 Å². The number of hydrogen-bond acceptors (Lipinski definition) is 5. The van der Waals surface area contributed by atoms with Crippen molar-refractivity contribution in [3.05, 3.63) is 23.3 Å². The first-order valence-corrected chi connectivity index (χ1v) is 14.9. The highest BCUT2D eigenvalue weighted by Crippen LogP contribution is 2.70. The molecule has 1 unspecified atom stereocenters. The van der Waals surface area contributed by atoms with Gasteiger partial charge in [-0.05, 0) is 85.0 Å². The quantitative estimate of drug-likeness (QED) is 0.341. The number of methoxy groups -OCH3 is 1. The third-order valence-corrected chi connectivity index (χ3v) is 12.3. The Morgan fingerprint density at radius 2 is 1.59 bits per heavy atom. The van der Waals surface area contributed by atoms with Gasteiger partial charge in [-0.2, -0.15) is 5.26 Å². The lowest BCUT2D eigenvalue weighted by molar-refractivity contribution is -0.146. The monoisotopic (exact) mass is 535 g/mol. The summed E-state index contributed by atoms with van der Waals surface area (Å²) in [6, 6.07) is 2.19. The number of ether oxygens (including phenoxy) is 1. The zero-order chi connectivity index (χ0) is 29.2. The maximum Gasteiger partial charge on any atom is 0.306 e. The van der Waals surface area contributed by atoms with E-state index in [1.807, 2.05) is 26.0 Å². The fourth-order valence-electron chi connectivity index (χ4n) is 9.24. The highest BCUT2D eigenvalue weighted by Gasteiger charge is 2.65. The predicted octanol–water partition coefficient (Wildman–Crippen LogP) is 7.55. The lowest BCUT2D eigenvalue weighted by Gasteiger charge is -2.65. The van der Waals surface area contributed by atoms with Crippen molar-refractivity contribution >= 4 is 17.5 Å². The molecule has 39 heavy (non-hydrogen) atoms. The number of hydrogen-bond donors (Lipinski definition) is 0. The zero-order valence-corrected chi connectivity index (χ0v) is 25.8. The van der Waals surface area contributed by atoms with Gasteiger partial charge in [-0.25, -0.2) is 0 Å². The first-order valence-electron chi connectivity index (χ1n) is 14.9. The fourth-order valence-corrected chi connectivity index (χ4v) is 9.24. The molecular weight excluding hydrogens is 486 g/mol. The number of allylic oxidation sites excluding steroid dienone is 4. The molecule has 5 nitrogen and oxygen atoms in total. The van der Waals surface area contributed by atoms with Crippen LogP contribution in [0.3, 0.4) is 0 Å². The number of ketones is 2. The van der Waals surface area contributed by atoms with E-state index in [4.69, 9.17) is 4.74 Å². The average Bonchev–Trinajstić information content (AvgIpc) is 2.85. The van der Waals surface area contributed by atoms with E-state index in [-0.39, 0.29) is 56.6 Å². The van der Waals surface area contributed by atoms with Gasteiger partial charge in [0.15, 0.2) is 11.6 Å². The van der Waals surface area contributed by atoms with Crippen LogP contribution in [0, 0.1) is 55.7 Å². The Balaban J connectivity index is 1.87. The van der Waals surface area contributed by atoms with Gasteiger partial charge in [0.25, 0.3) is 0 Å². The van der Waals surface area contributed by atoms with Crippen molar-refractivity contribution in [3.63, 3.8) is 0 Å². The van der Waals surface area contributed by atoms with Crippen LogP contribution in [0.4, 0.5) is 0 Å². The molecule has 2 fully saturated rings. The van der Waals surface area contributed by atoms with E-state index in [1.165, 1.54) is 7.11 Å². The van der Waals surface area contributed by atoms with Gasteiger partial charge >= 0.3 is 5.97 Å². The molecule has 0 aromatic carbocycles. The van der Waals surface area contributed by atoms with Gasteiger partial charge in [0, 0.05) is 16.7 Å². The predicted molar refractivity (Wildman–Crippen MR) is 152 cm³/mol. The van der Waals surface area contributed by atoms with Gasteiger partial charge in [0.2, 0.25) is 0 Å². The van der Waals surface area contributed by atoms with Crippen LogP contribution in [-0.4, -0.2) is 24.6 Å². The molecule has 0 aromatic rings.